The van der Waals surface area contributed by atoms with E-state index in [1.165, 1.54) is 10.4 Å². The maximum absolute atomic E-state index is 10.2. The zero-order chi connectivity index (χ0) is 8.85. The van der Waals surface area contributed by atoms with Crippen molar-refractivity contribution in [3.8, 4) is 0 Å². The Balaban J connectivity index is 0.000000461. The number of rotatable bonds is 1. The summed E-state index contributed by atoms with van der Waals surface area (Å²) >= 11 is 1.55. The second kappa shape index (κ2) is 5.08. The summed E-state index contributed by atoms with van der Waals surface area (Å²) in [5.41, 5.74) is 1.21. The van der Waals surface area contributed by atoms with E-state index in [1.54, 1.807) is 11.3 Å². The molecule has 0 aromatic carbocycles. The molecule has 1 heterocycles. The van der Waals surface area contributed by atoms with Crippen molar-refractivity contribution >= 4 is 17.6 Å². The molecule has 0 atom stereocenters. The number of hydrogen-bond acceptors (Lipinski definition) is 2. The van der Waals surface area contributed by atoms with Gasteiger partial charge in [-0.05, 0) is 25.5 Å². The molecule has 0 fully saturated rings. The molecule has 1 rings (SSSR count). The molecule has 0 N–H and O–H groups in total. The van der Waals surface area contributed by atoms with Gasteiger partial charge in [0.05, 0.1) is 4.88 Å². The normalized spacial score (nSPS) is 8.36. The maximum atomic E-state index is 10.2. The van der Waals surface area contributed by atoms with E-state index in [9.17, 15) is 4.79 Å². The molecule has 62 valence electrons. The summed E-state index contributed by atoms with van der Waals surface area (Å²) in [6, 6.07) is 1.91. The molecule has 1 aromatic rings. The van der Waals surface area contributed by atoms with Crippen LogP contribution in [0.2, 0.25) is 0 Å². The fourth-order valence-corrected chi connectivity index (χ4v) is 1.52. The first kappa shape index (κ1) is 10.4. The highest BCUT2D eigenvalue weighted by atomic mass is 32.1. The number of aldehydes is 1. The van der Waals surface area contributed by atoms with Crippen molar-refractivity contribution < 1.29 is 4.79 Å². The quantitative estimate of drug-likeness (QED) is 0.591. The predicted octanol–water partition coefficient (Wildman–Crippen LogP) is 3.20. The summed E-state index contributed by atoms with van der Waals surface area (Å²) in [5.74, 6) is 0. The lowest BCUT2D eigenvalue weighted by Gasteiger charge is -1.79. The third-order valence-corrected chi connectivity index (χ3v) is 2.38. The number of carbonyl (C=O) groups excluding carboxylic acids is 1. The molecule has 0 radical (unpaired) electrons. The molecule has 0 aliphatic carbocycles. The van der Waals surface area contributed by atoms with Gasteiger partial charge in [0, 0.05) is 4.88 Å². The monoisotopic (exact) mass is 170 g/mol. The third-order valence-electron chi connectivity index (χ3n) is 1.30. The Labute approximate surface area is 72.1 Å². The fourth-order valence-electron chi connectivity index (χ4n) is 0.660. The lowest BCUT2D eigenvalue weighted by Crippen LogP contribution is -1.65. The van der Waals surface area contributed by atoms with E-state index in [1.807, 2.05) is 33.8 Å². The Bertz CT molecular complexity index is 206. The van der Waals surface area contributed by atoms with Gasteiger partial charge in [-0.25, -0.2) is 0 Å². The minimum absolute atomic E-state index is 0.824. The number of carbonyl (C=O) groups is 1. The molecular formula is C9H14OS. The van der Waals surface area contributed by atoms with Gasteiger partial charge in [-0.3, -0.25) is 4.79 Å². The van der Waals surface area contributed by atoms with Gasteiger partial charge in [0.25, 0.3) is 0 Å². The van der Waals surface area contributed by atoms with Crippen molar-refractivity contribution in [2.45, 2.75) is 27.7 Å². The van der Waals surface area contributed by atoms with Crippen molar-refractivity contribution in [2.75, 3.05) is 0 Å². The van der Waals surface area contributed by atoms with Gasteiger partial charge in [-0.1, -0.05) is 13.8 Å². The van der Waals surface area contributed by atoms with E-state index in [0.29, 0.717) is 0 Å². The van der Waals surface area contributed by atoms with Crippen LogP contribution in [-0.2, 0) is 0 Å². The van der Waals surface area contributed by atoms with Crippen molar-refractivity contribution in [3.63, 3.8) is 0 Å². The maximum Gasteiger partial charge on any atom is 0.160 e. The molecule has 0 saturated carbocycles. The van der Waals surface area contributed by atoms with E-state index in [0.717, 1.165) is 11.2 Å². The smallest absolute Gasteiger partial charge is 0.160 e. The van der Waals surface area contributed by atoms with Crippen LogP contribution in [0.25, 0.3) is 0 Å². The molecule has 0 bridgehead atoms. The molecule has 0 unspecified atom stereocenters. The molecule has 0 amide bonds. The van der Waals surface area contributed by atoms with Crippen LogP contribution in [0.5, 0.6) is 0 Å². The van der Waals surface area contributed by atoms with Crippen LogP contribution in [0.1, 0.15) is 34.0 Å². The zero-order valence-corrected chi connectivity index (χ0v) is 8.29. The van der Waals surface area contributed by atoms with E-state index < -0.39 is 0 Å². The van der Waals surface area contributed by atoms with Gasteiger partial charge in [0.2, 0.25) is 0 Å². The zero-order valence-electron chi connectivity index (χ0n) is 7.47. The molecule has 1 nitrogen and oxygen atoms in total. The van der Waals surface area contributed by atoms with Gasteiger partial charge in [0.15, 0.2) is 6.29 Å². The van der Waals surface area contributed by atoms with Crippen LogP contribution in [0, 0.1) is 13.8 Å². The van der Waals surface area contributed by atoms with E-state index in [-0.39, 0.29) is 0 Å². The highest BCUT2D eigenvalue weighted by Crippen LogP contribution is 2.18. The van der Waals surface area contributed by atoms with E-state index >= 15 is 0 Å². The van der Waals surface area contributed by atoms with Crippen LogP contribution in [0.4, 0.5) is 0 Å². The average Bonchev–Trinajstić information content (AvgIpc) is 2.36. The second-order valence-electron chi connectivity index (χ2n) is 2.01. The minimum Gasteiger partial charge on any atom is -0.297 e. The number of thiophene rings is 1. The first-order chi connectivity index (χ1) is 5.24. The Kier molecular flexibility index (Phi) is 4.79. The molecule has 11 heavy (non-hydrogen) atoms. The van der Waals surface area contributed by atoms with Crippen molar-refractivity contribution in [2.24, 2.45) is 0 Å². The molecule has 0 spiro atoms. The van der Waals surface area contributed by atoms with Gasteiger partial charge in [-0.2, -0.15) is 0 Å². The highest BCUT2D eigenvalue weighted by Gasteiger charge is 1.97. The van der Waals surface area contributed by atoms with E-state index in [2.05, 4.69) is 0 Å². The summed E-state index contributed by atoms with van der Waals surface area (Å²) in [7, 11) is 0. The first-order valence-corrected chi connectivity index (χ1v) is 4.58. The van der Waals surface area contributed by atoms with Crippen LogP contribution in [0.3, 0.4) is 0 Å². The van der Waals surface area contributed by atoms with Gasteiger partial charge >= 0.3 is 0 Å². The Hall–Kier alpha value is -0.630. The van der Waals surface area contributed by atoms with Crippen molar-refractivity contribution in [3.05, 3.63) is 21.4 Å². The minimum atomic E-state index is 0.824. The summed E-state index contributed by atoms with van der Waals surface area (Å²) in [5, 5.41) is 0. The SMILES string of the molecule is CC.Cc1cc(C=O)sc1C. The lowest BCUT2D eigenvalue weighted by atomic mass is 10.3. The van der Waals surface area contributed by atoms with Crippen LogP contribution in [0.15, 0.2) is 6.07 Å². The molecule has 0 aliphatic heterocycles. The van der Waals surface area contributed by atoms with Gasteiger partial charge < -0.3 is 0 Å². The van der Waals surface area contributed by atoms with Crippen LogP contribution >= 0.6 is 11.3 Å². The Morgan fingerprint density at radius 2 is 1.91 bits per heavy atom. The van der Waals surface area contributed by atoms with Crippen molar-refractivity contribution in [1.82, 2.24) is 0 Å². The van der Waals surface area contributed by atoms with Crippen LogP contribution in [-0.4, -0.2) is 6.29 Å². The average molecular weight is 170 g/mol. The molecule has 0 saturated heterocycles. The third kappa shape index (κ3) is 2.85. The van der Waals surface area contributed by atoms with Crippen LogP contribution < -0.4 is 0 Å². The second-order valence-corrected chi connectivity index (χ2v) is 3.29. The topological polar surface area (TPSA) is 17.1 Å². The number of hydrogen-bond donors (Lipinski definition) is 0. The largest absolute Gasteiger partial charge is 0.297 e. The first-order valence-electron chi connectivity index (χ1n) is 3.76. The molecule has 1 aromatic heterocycles. The highest BCUT2D eigenvalue weighted by molar-refractivity contribution is 7.13. The van der Waals surface area contributed by atoms with Gasteiger partial charge in [-0.15, -0.1) is 11.3 Å². The molecule has 0 aliphatic rings. The van der Waals surface area contributed by atoms with E-state index in [4.69, 9.17) is 0 Å². The van der Waals surface area contributed by atoms with Crippen molar-refractivity contribution in [1.29, 1.82) is 0 Å². The molecule has 2 heteroatoms. The predicted molar refractivity (Wildman–Crippen MR) is 50.5 cm³/mol. The summed E-state index contributed by atoms with van der Waals surface area (Å²) in [6.45, 7) is 8.03. The Morgan fingerprint density at radius 3 is 2.09 bits per heavy atom. The number of aryl methyl sites for hydroxylation is 2. The lowest BCUT2D eigenvalue weighted by molar-refractivity contribution is 0.112. The van der Waals surface area contributed by atoms with Gasteiger partial charge in [0.1, 0.15) is 0 Å². The standard InChI is InChI=1S/C7H8OS.C2H6/c1-5-3-7(4-8)9-6(5)2;1-2/h3-4H,1-2H3;1-2H3. The summed E-state index contributed by atoms with van der Waals surface area (Å²) < 4.78 is 0. The summed E-state index contributed by atoms with van der Waals surface area (Å²) in [6.07, 6.45) is 0.894. The summed E-state index contributed by atoms with van der Waals surface area (Å²) in [4.78, 5) is 12.2. The Morgan fingerprint density at radius 1 is 1.36 bits per heavy atom. The molecular weight excluding hydrogens is 156 g/mol. The fraction of sp³-hybridized carbons (Fsp3) is 0.444.